The van der Waals surface area contributed by atoms with Crippen molar-refractivity contribution in [3.63, 3.8) is 0 Å². The van der Waals surface area contributed by atoms with Crippen LogP contribution in [0.2, 0.25) is 0 Å². The van der Waals surface area contributed by atoms with Crippen LogP contribution in [-0.4, -0.2) is 29.0 Å². The monoisotopic (exact) mass is 304 g/mol. The molecule has 1 N–H and O–H groups in total. The molecule has 0 bridgehead atoms. The third-order valence-corrected chi connectivity index (χ3v) is 3.50. The lowest BCUT2D eigenvalue weighted by Gasteiger charge is -2.15. The number of halogens is 2. The van der Waals surface area contributed by atoms with Gasteiger partial charge in [0.1, 0.15) is 28.8 Å². The van der Waals surface area contributed by atoms with E-state index in [0.717, 1.165) is 38.1 Å². The largest absolute Gasteiger partial charge is 0.355 e. The van der Waals surface area contributed by atoms with E-state index < -0.39 is 23.2 Å². The molecule has 1 saturated heterocycles. The minimum atomic E-state index is -0.838. The van der Waals surface area contributed by atoms with Crippen molar-refractivity contribution in [3.8, 4) is 0 Å². The Bertz CT molecular complexity index is 664. The highest BCUT2D eigenvalue weighted by Gasteiger charge is 2.17. The van der Waals surface area contributed by atoms with Gasteiger partial charge in [-0.3, -0.25) is 4.79 Å². The summed E-state index contributed by atoms with van der Waals surface area (Å²) in [5.41, 5.74) is -0.483. The number of carbonyl (C=O) groups excluding carboxylic acids is 1. The molecule has 2 aromatic rings. The topological polar surface area (TPSA) is 58.1 Å². The van der Waals surface area contributed by atoms with Crippen molar-refractivity contribution in [3.05, 3.63) is 47.9 Å². The van der Waals surface area contributed by atoms with Gasteiger partial charge >= 0.3 is 0 Å². The first-order valence-electron chi connectivity index (χ1n) is 6.97. The number of para-hydroxylation sites is 1. The molecular formula is C15H14F2N4O. The number of hydrogen-bond donors (Lipinski definition) is 1. The van der Waals surface area contributed by atoms with Crippen LogP contribution in [0.4, 0.5) is 20.3 Å². The lowest BCUT2D eigenvalue weighted by molar-refractivity contribution is 0.102. The Morgan fingerprint density at radius 2 is 1.77 bits per heavy atom. The highest BCUT2D eigenvalue weighted by molar-refractivity contribution is 6.02. The fourth-order valence-electron chi connectivity index (χ4n) is 2.34. The second-order valence-electron chi connectivity index (χ2n) is 5.00. The third kappa shape index (κ3) is 2.88. The predicted molar refractivity (Wildman–Crippen MR) is 77.8 cm³/mol. The quantitative estimate of drug-likeness (QED) is 0.947. The molecule has 1 fully saturated rings. The van der Waals surface area contributed by atoms with Gasteiger partial charge in [-0.2, -0.15) is 0 Å². The van der Waals surface area contributed by atoms with Crippen LogP contribution in [0.15, 0.2) is 30.6 Å². The summed E-state index contributed by atoms with van der Waals surface area (Å²) < 4.78 is 27.0. The Morgan fingerprint density at radius 1 is 1.09 bits per heavy atom. The van der Waals surface area contributed by atoms with Crippen molar-refractivity contribution in [1.82, 2.24) is 9.97 Å². The van der Waals surface area contributed by atoms with Crippen LogP contribution in [0.1, 0.15) is 23.3 Å². The summed E-state index contributed by atoms with van der Waals surface area (Å²) in [4.78, 5) is 22.3. The van der Waals surface area contributed by atoms with Gasteiger partial charge in [0.25, 0.3) is 5.91 Å². The van der Waals surface area contributed by atoms with Crippen LogP contribution in [0, 0.1) is 11.6 Å². The number of aromatic nitrogens is 2. The molecule has 3 rings (SSSR count). The van der Waals surface area contributed by atoms with E-state index in [2.05, 4.69) is 20.2 Å². The molecular weight excluding hydrogens is 290 g/mol. The van der Waals surface area contributed by atoms with Crippen LogP contribution in [0.3, 0.4) is 0 Å². The third-order valence-electron chi connectivity index (χ3n) is 3.50. The zero-order valence-electron chi connectivity index (χ0n) is 11.7. The summed E-state index contributed by atoms with van der Waals surface area (Å²) in [5.74, 6) is -1.68. The number of hydrogen-bond acceptors (Lipinski definition) is 4. The van der Waals surface area contributed by atoms with Gasteiger partial charge in [0.2, 0.25) is 0 Å². The second-order valence-corrected chi connectivity index (χ2v) is 5.00. The van der Waals surface area contributed by atoms with Crippen molar-refractivity contribution < 1.29 is 13.6 Å². The fourth-order valence-corrected chi connectivity index (χ4v) is 2.34. The van der Waals surface area contributed by atoms with Crippen LogP contribution in [-0.2, 0) is 0 Å². The number of nitrogens with one attached hydrogen (secondary N) is 1. The zero-order valence-corrected chi connectivity index (χ0v) is 11.7. The Balaban J connectivity index is 1.75. The van der Waals surface area contributed by atoms with E-state index in [4.69, 9.17) is 0 Å². The van der Waals surface area contributed by atoms with Crippen LogP contribution < -0.4 is 10.2 Å². The summed E-state index contributed by atoms with van der Waals surface area (Å²) in [5, 5.41) is 2.18. The number of nitrogens with zero attached hydrogens (tertiary/aromatic N) is 3. The van der Waals surface area contributed by atoms with Gasteiger partial charge in [0.15, 0.2) is 0 Å². The molecule has 5 nitrogen and oxygen atoms in total. The van der Waals surface area contributed by atoms with Gasteiger partial charge in [-0.05, 0) is 25.0 Å². The number of amides is 1. The summed E-state index contributed by atoms with van der Waals surface area (Å²) in [7, 11) is 0. The fraction of sp³-hybridized carbons (Fsp3) is 0.267. The van der Waals surface area contributed by atoms with E-state index >= 15 is 0 Å². The molecule has 1 aliphatic heterocycles. The molecule has 1 aromatic carbocycles. The van der Waals surface area contributed by atoms with Crippen molar-refractivity contribution in [2.75, 3.05) is 23.3 Å². The minimum absolute atomic E-state index is 0.00519. The first-order chi connectivity index (χ1) is 10.6. The van der Waals surface area contributed by atoms with Crippen molar-refractivity contribution >= 4 is 17.4 Å². The Kier molecular flexibility index (Phi) is 3.95. The average Bonchev–Trinajstić information content (AvgIpc) is 3.05. The van der Waals surface area contributed by atoms with Crippen molar-refractivity contribution in [2.45, 2.75) is 12.8 Å². The second kappa shape index (κ2) is 6.05. The molecule has 114 valence electrons. The number of carbonyl (C=O) groups is 1. The molecule has 1 aliphatic rings. The van der Waals surface area contributed by atoms with Gasteiger partial charge in [0.05, 0.1) is 12.4 Å². The van der Waals surface area contributed by atoms with E-state index in [1.54, 1.807) is 0 Å². The summed E-state index contributed by atoms with van der Waals surface area (Å²) in [6.45, 7) is 1.83. The van der Waals surface area contributed by atoms with Crippen LogP contribution in [0.5, 0.6) is 0 Å². The standard InChI is InChI=1S/C15H14F2N4O/c16-10-4-3-5-11(17)14(10)20-15(22)12-8-19-13(9-18-12)21-6-1-2-7-21/h3-5,8-9H,1-2,6-7H2,(H,20,22). The number of benzene rings is 1. The lowest BCUT2D eigenvalue weighted by Crippen LogP contribution is -2.21. The number of anilines is 2. The predicted octanol–water partition coefficient (Wildman–Crippen LogP) is 2.61. The molecule has 0 spiro atoms. The highest BCUT2D eigenvalue weighted by Crippen LogP contribution is 2.19. The van der Waals surface area contributed by atoms with E-state index in [1.807, 2.05) is 0 Å². The molecule has 0 atom stereocenters. The maximum Gasteiger partial charge on any atom is 0.276 e. The van der Waals surface area contributed by atoms with E-state index in [-0.39, 0.29) is 5.69 Å². The Hall–Kier alpha value is -2.57. The van der Waals surface area contributed by atoms with Crippen molar-refractivity contribution in [2.24, 2.45) is 0 Å². The van der Waals surface area contributed by atoms with Crippen LogP contribution in [0.25, 0.3) is 0 Å². The smallest absolute Gasteiger partial charge is 0.276 e. The van der Waals surface area contributed by atoms with Gasteiger partial charge in [-0.25, -0.2) is 18.7 Å². The average molecular weight is 304 g/mol. The Morgan fingerprint density at radius 3 is 2.36 bits per heavy atom. The molecule has 22 heavy (non-hydrogen) atoms. The molecule has 2 heterocycles. The normalized spacial score (nSPS) is 14.2. The highest BCUT2D eigenvalue weighted by atomic mass is 19.1. The van der Waals surface area contributed by atoms with E-state index in [0.29, 0.717) is 5.82 Å². The molecule has 0 aliphatic carbocycles. The molecule has 7 heteroatoms. The van der Waals surface area contributed by atoms with Crippen molar-refractivity contribution in [1.29, 1.82) is 0 Å². The number of rotatable bonds is 3. The molecule has 0 radical (unpaired) electrons. The molecule has 0 unspecified atom stereocenters. The van der Waals surface area contributed by atoms with E-state index in [1.165, 1.54) is 18.5 Å². The lowest BCUT2D eigenvalue weighted by atomic mass is 10.3. The maximum absolute atomic E-state index is 13.5. The Labute approximate surface area is 126 Å². The summed E-state index contributed by atoms with van der Waals surface area (Å²) in [6.07, 6.45) is 5.02. The van der Waals surface area contributed by atoms with Gasteiger partial charge in [-0.1, -0.05) is 6.07 Å². The molecule has 1 amide bonds. The maximum atomic E-state index is 13.5. The van der Waals surface area contributed by atoms with Gasteiger partial charge in [0, 0.05) is 13.1 Å². The van der Waals surface area contributed by atoms with Gasteiger partial charge in [-0.15, -0.1) is 0 Å². The van der Waals surface area contributed by atoms with Gasteiger partial charge < -0.3 is 10.2 Å². The van der Waals surface area contributed by atoms with E-state index in [9.17, 15) is 13.6 Å². The summed E-state index contributed by atoms with van der Waals surface area (Å²) in [6, 6.07) is 3.37. The molecule has 0 saturated carbocycles. The van der Waals surface area contributed by atoms with Crippen LogP contribution >= 0.6 is 0 Å². The first-order valence-corrected chi connectivity index (χ1v) is 6.97. The SMILES string of the molecule is O=C(Nc1c(F)cccc1F)c1cnc(N2CCCC2)cn1. The minimum Gasteiger partial charge on any atom is -0.355 e. The molecule has 1 aromatic heterocycles. The first kappa shape index (κ1) is 14.4. The zero-order chi connectivity index (χ0) is 15.5. The summed E-state index contributed by atoms with van der Waals surface area (Å²) >= 11 is 0.